The summed E-state index contributed by atoms with van der Waals surface area (Å²) in [4.78, 5) is 9.75. The number of nitrogens with zero attached hydrogens (tertiary/aromatic N) is 2. The summed E-state index contributed by atoms with van der Waals surface area (Å²) in [6, 6.07) is 36.2. The second-order valence-corrected chi connectivity index (χ2v) is 9.06. The lowest BCUT2D eigenvalue weighted by atomic mass is 10.0. The van der Waals surface area contributed by atoms with Crippen molar-refractivity contribution >= 4 is 31.5 Å². The van der Waals surface area contributed by atoms with Gasteiger partial charge in [0.15, 0.2) is 5.82 Å². The van der Waals surface area contributed by atoms with Gasteiger partial charge < -0.3 is 0 Å². The van der Waals surface area contributed by atoms with E-state index in [9.17, 15) is 0 Å². The fourth-order valence-corrected chi connectivity index (χ4v) is 5.29. The van der Waals surface area contributed by atoms with Crippen LogP contribution in [-0.2, 0) is 0 Å². The summed E-state index contributed by atoms with van der Waals surface area (Å²) in [7, 11) is 0. The van der Waals surface area contributed by atoms with Crippen molar-refractivity contribution in [2.75, 3.05) is 0 Å². The molecule has 0 N–H and O–H groups in total. The average molecular weight is 429 g/mol. The molecule has 0 spiro atoms. The summed E-state index contributed by atoms with van der Waals surface area (Å²) in [5, 5.41) is 2.55. The lowest BCUT2D eigenvalue weighted by Gasteiger charge is -2.09. The molecule has 0 bridgehead atoms. The first kappa shape index (κ1) is 18.9. The first-order chi connectivity index (χ1) is 15.7. The zero-order chi connectivity index (χ0) is 21.5. The van der Waals surface area contributed by atoms with Crippen LogP contribution in [0.1, 0.15) is 5.69 Å². The van der Waals surface area contributed by atoms with Crippen LogP contribution in [0.5, 0.6) is 0 Å². The Labute approximate surface area is 190 Å². The Morgan fingerprint density at radius 3 is 2.19 bits per heavy atom. The van der Waals surface area contributed by atoms with Gasteiger partial charge in [-0.15, -0.1) is 11.3 Å². The smallest absolute Gasteiger partial charge is 0.160 e. The Morgan fingerprint density at radius 2 is 1.28 bits per heavy atom. The number of rotatable bonds is 3. The van der Waals surface area contributed by atoms with Crippen molar-refractivity contribution in [2.45, 2.75) is 6.92 Å². The molecule has 0 saturated heterocycles. The van der Waals surface area contributed by atoms with E-state index < -0.39 is 0 Å². The highest BCUT2D eigenvalue weighted by Gasteiger charge is 2.11. The van der Waals surface area contributed by atoms with E-state index in [1.807, 2.05) is 24.3 Å². The zero-order valence-electron chi connectivity index (χ0n) is 17.6. The summed E-state index contributed by atoms with van der Waals surface area (Å²) in [5.74, 6) is 0.766. The molecule has 2 aromatic heterocycles. The first-order valence-electron chi connectivity index (χ1n) is 10.7. The Kier molecular flexibility index (Phi) is 4.55. The van der Waals surface area contributed by atoms with Crippen molar-refractivity contribution in [3.05, 3.63) is 109 Å². The van der Waals surface area contributed by atoms with E-state index >= 15 is 0 Å². The quantitative estimate of drug-likeness (QED) is 0.284. The maximum atomic E-state index is 4.97. The van der Waals surface area contributed by atoms with E-state index in [0.29, 0.717) is 0 Å². The molecule has 2 heterocycles. The fraction of sp³-hybridized carbons (Fsp3) is 0.0345. The third-order valence-corrected chi connectivity index (χ3v) is 6.91. The van der Waals surface area contributed by atoms with Gasteiger partial charge in [0.1, 0.15) is 0 Å². The van der Waals surface area contributed by atoms with E-state index in [4.69, 9.17) is 9.97 Å². The number of aromatic nitrogens is 2. The summed E-state index contributed by atoms with van der Waals surface area (Å²) in [6.07, 6.45) is 0. The molecule has 152 valence electrons. The normalized spacial score (nSPS) is 11.3. The van der Waals surface area contributed by atoms with Crippen molar-refractivity contribution in [3.63, 3.8) is 0 Å². The number of benzene rings is 4. The highest BCUT2D eigenvalue weighted by molar-refractivity contribution is 7.25. The minimum Gasteiger partial charge on any atom is -0.233 e. The average Bonchev–Trinajstić information content (AvgIpc) is 3.22. The fourth-order valence-electron chi connectivity index (χ4n) is 4.20. The summed E-state index contributed by atoms with van der Waals surface area (Å²) in [5.41, 5.74) is 6.44. The highest BCUT2D eigenvalue weighted by atomic mass is 32.1. The molecule has 6 rings (SSSR count). The standard InChI is InChI=1S/C29H20N2S/c1-19-16-26(22-11-7-10-21(17-22)20-8-3-2-4-9-20)31-29(30-19)23-14-15-28-25(18-23)24-12-5-6-13-27(24)32-28/h2-18H,1H3. The molecule has 4 aromatic carbocycles. The van der Waals surface area contributed by atoms with E-state index in [0.717, 1.165) is 28.3 Å². The Hall–Kier alpha value is -3.82. The van der Waals surface area contributed by atoms with E-state index in [-0.39, 0.29) is 0 Å². The van der Waals surface area contributed by atoms with Gasteiger partial charge in [-0.25, -0.2) is 9.97 Å². The topological polar surface area (TPSA) is 25.8 Å². The number of thiophene rings is 1. The molecule has 6 aromatic rings. The number of fused-ring (bicyclic) bond motifs is 3. The number of hydrogen-bond donors (Lipinski definition) is 0. The summed E-state index contributed by atoms with van der Waals surface area (Å²) >= 11 is 1.83. The van der Waals surface area contributed by atoms with Crippen LogP contribution in [0.15, 0.2) is 103 Å². The van der Waals surface area contributed by atoms with Gasteiger partial charge in [0.25, 0.3) is 0 Å². The molecule has 32 heavy (non-hydrogen) atoms. The molecule has 0 aliphatic rings. The number of hydrogen-bond acceptors (Lipinski definition) is 3. The van der Waals surface area contributed by atoms with Gasteiger partial charge >= 0.3 is 0 Å². The van der Waals surface area contributed by atoms with Crippen LogP contribution in [-0.4, -0.2) is 9.97 Å². The van der Waals surface area contributed by atoms with Crippen molar-refractivity contribution in [2.24, 2.45) is 0 Å². The zero-order valence-corrected chi connectivity index (χ0v) is 18.4. The molecule has 3 heteroatoms. The van der Waals surface area contributed by atoms with Crippen LogP contribution in [0.4, 0.5) is 0 Å². The van der Waals surface area contributed by atoms with E-state index in [2.05, 4.69) is 97.1 Å². The van der Waals surface area contributed by atoms with Gasteiger partial charge in [-0.1, -0.05) is 66.7 Å². The van der Waals surface area contributed by atoms with Crippen molar-refractivity contribution < 1.29 is 0 Å². The van der Waals surface area contributed by atoms with Crippen molar-refractivity contribution in [1.82, 2.24) is 9.97 Å². The third kappa shape index (κ3) is 3.37. The Morgan fingerprint density at radius 1 is 0.531 bits per heavy atom. The van der Waals surface area contributed by atoms with Crippen LogP contribution >= 0.6 is 11.3 Å². The first-order valence-corrected chi connectivity index (χ1v) is 11.5. The molecule has 2 nitrogen and oxygen atoms in total. The van der Waals surface area contributed by atoms with Gasteiger partial charge in [0, 0.05) is 37.0 Å². The predicted molar refractivity (Wildman–Crippen MR) is 136 cm³/mol. The maximum absolute atomic E-state index is 4.97. The second-order valence-electron chi connectivity index (χ2n) is 7.97. The molecule has 0 fully saturated rings. The highest BCUT2D eigenvalue weighted by Crippen LogP contribution is 2.36. The van der Waals surface area contributed by atoms with Crippen molar-refractivity contribution in [3.8, 4) is 33.8 Å². The van der Waals surface area contributed by atoms with E-state index in [1.165, 1.54) is 31.3 Å². The van der Waals surface area contributed by atoms with Gasteiger partial charge in [-0.05, 0) is 54.4 Å². The molecule has 0 atom stereocenters. The maximum Gasteiger partial charge on any atom is 0.160 e. The van der Waals surface area contributed by atoms with E-state index in [1.54, 1.807) is 0 Å². The summed E-state index contributed by atoms with van der Waals surface area (Å²) < 4.78 is 2.60. The van der Waals surface area contributed by atoms with Gasteiger partial charge in [-0.3, -0.25) is 0 Å². The minimum atomic E-state index is 0.766. The Bertz CT molecular complexity index is 1580. The molecule has 0 saturated carbocycles. The van der Waals surface area contributed by atoms with Crippen LogP contribution in [0.3, 0.4) is 0 Å². The van der Waals surface area contributed by atoms with Crippen LogP contribution < -0.4 is 0 Å². The lowest BCUT2D eigenvalue weighted by molar-refractivity contribution is 1.12. The molecule has 0 aliphatic carbocycles. The lowest BCUT2D eigenvalue weighted by Crippen LogP contribution is -1.95. The minimum absolute atomic E-state index is 0.766. The monoisotopic (exact) mass is 428 g/mol. The van der Waals surface area contributed by atoms with Crippen LogP contribution in [0.25, 0.3) is 53.9 Å². The summed E-state index contributed by atoms with van der Waals surface area (Å²) in [6.45, 7) is 2.04. The van der Waals surface area contributed by atoms with Gasteiger partial charge in [0.2, 0.25) is 0 Å². The predicted octanol–water partition coefficient (Wildman–Crippen LogP) is 8.15. The third-order valence-electron chi connectivity index (χ3n) is 5.75. The van der Waals surface area contributed by atoms with Gasteiger partial charge in [-0.2, -0.15) is 0 Å². The SMILES string of the molecule is Cc1cc(-c2cccc(-c3ccccc3)c2)nc(-c2ccc3sc4ccccc4c3c2)n1. The molecule has 0 aliphatic heterocycles. The van der Waals surface area contributed by atoms with Crippen molar-refractivity contribution in [1.29, 1.82) is 0 Å². The molecule has 0 unspecified atom stereocenters. The van der Waals surface area contributed by atoms with Crippen LogP contribution in [0.2, 0.25) is 0 Å². The Balaban J connectivity index is 1.46. The van der Waals surface area contributed by atoms with Crippen LogP contribution in [0, 0.1) is 6.92 Å². The largest absolute Gasteiger partial charge is 0.233 e. The molecular weight excluding hydrogens is 408 g/mol. The number of aryl methyl sites for hydroxylation is 1. The molecule has 0 radical (unpaired) electrons. The second kappa shape index (κ2) is 7.70. The molecule has 0 amide bonds. The molecular formula is C29H20N2S. The van der Waals surface area contributed by atoms with Gasteiger partial charge in [0.05, 0.1) is 5.69 Å².